The van der Waals surface area contributed by atoms with E-state index in [0.717, 1.165) is 12.1 Å². The number of alkyl halides is 3. The number of carboxylic acids is 1. The van der Waals surface area contributed by atoms with E-state index in [9.17, 15) is 37.1 Å². The number of nitrogens with one attached hydrogen (secondary N) is 2. The average molecular weight is 510 g/mol. The minimum atomic E-state index is -4.59. The molecule has 36 heavy (non-hydrogen) atoms. The highest BCUT2D eigenvalue weighted by Gasteiger charge is 2.37. The van der Waals surface area contributed by atoms with Crippen molar-refractivity contribution in [3.05, 3.63) is 65.5 Å². The van der Waals surface area contributed by atoms with Crippen LogP contribution in [0.3, 0.4) is 0 Å². The van der Waals surface area contributed by atoms with Crippen LogP contribution in [0.2, 0.25) is 0 Å². The number of benzene rings is 2. The second-order valence-corrected chi connectivity index (χ2v) is 8.29. The molecule has 0 spiro atoms. The first-order chi connectivity index (χ1) is 17.0. The number of carbonyl (C=O) groups excluding carboxylic acids is 2. The molecule has 8 nitrogen and oxygen atoms in total. The normalized spacial score (nSPS) is 14.6. The molecule has 1 aliphatic heterocycles. The highest BCUT2D eigenvalue weighted by atomic mass is 19.4. The Bertz CT molecular complexity index is 1080. The first-order valence-electron chi connectivity index (χ1n) is 11.3. The van der Waals surface area contributed by atoms with Crippen LogP contribution in [-0.2, 0) is 11.0 Å². The number of amides is 4. The third-order valence-electron chi connectivity index (χ3n) is 5.71. The number of carbonyl (C=O) groups is 3. The van der Waals surface area contributed by atoms with Crippen LogP contribution in [0.1, 0.15) is 36.4 Å². The monoisotopic (exact) mass is 510 g/mol. The van der Waals surface area contributed by atoms with Gasteiger partial charge in [0.1, 0.15) is 5.82 Å². The fourth-order valence-corrected chi connectivity index (χ4v) is 3.93. The number of carboxylic acid groups (broad SMARTS) is 1. The van der Waals surface area contributed by atoms with E-state index < -0.39 is 48.1 Å². The van der Waals surface area contributed by atoms with Crippen LogP contribution >= 0.6 is 0 Å². The molecule has 4 amide bonds. The molecule has 1 atom stereocenters. The molecule has 0 saturated carbocycles. The van der Waals surface area contributed by atoms with Crippen molar-refractivity contribution in [1.29, 1.82) is 0 Å². The molecule has 0 bridgehead atoms. The van der Waals surface area contributed by atoms with Gasteiger partial charge in [-0.2, -0.15) is 13.2 Å². The first kappa shape index (κ1) is 26.8. The van der Waals surface area contributed by atoms with E-state index in [1.54, 1.807) is 0 Å². The third-order valence-corrected chi connectivity index (χ3v) is 5.71. The number of halogens is 4. The Hall–Kier alpha value is -3.83. The van der Waals surface area contributed by atoms with Crippen molar-refractivity contribution >= 4 is 23.7 Å². The molecule has 3 rings (SSSR count). The summed E-state index contributed by atoms with van der Waals surface area (Å²) in [5.74, 6) is -1.64. The number of hydrogen-bond acceptors (Lipinski definition) is 3. The summed E-state index contributed by atoms with van der Waals surface area (Å²) < 4.78 is 52.3. The van der Waals surface area contributed by atoms with Crippen LogP contribution < -0.4 is 10.6 Å². The van der Waals surface area contributed by atoms with E-state index in [4.69, 9.17) is 0 Å². The van der Waals surface area contributed by atoms with Gasteiger partial charge < -0.3 is 25.5 Å². The average Bonchev–Trinajstić information content (AvgIpc) is 3.18. The number of aliphatic carboxylic acids is 1. The minimum absolute atomic E-state index is 0.110. The second kappa shape index (κ2) is 11.7. The summed E-state index contributed by atoms with van der Waals surface area (Å²) in [5, 5.41) is 14.5. The fraction of sp³-hybridized carbons (Fsp3) is 0.375. The van der Waals surface area contributed by atoms with Crippen molar-refractivity contribution in [2.45, 2.75) is 31.5 Å². The maximum absolute atomic E-state index is 13.1. The summed E-state index contributed by atoms with van der Waals surface area (Å²) >= 11 is 0. The molecule has 2 aromatic rings. The van der Waals surface area contributed by atoms with Gasteiger partial charge >= 0.3 is 24.2 Å². The highest BCUT2D eigenvalue weighted by Crippen LogP contribution is 2.34. The minimum Gasteiger partial charge on any atom is -0.481 e. The Kier molecular flexibility index (Phi) is 8.73. The van der Waals surface area contributed by atoms with Crippen LogP contribution in [-0.4, -0.2) is 59.1 Å². The van der Waals surface area contributed by atoms with E-state index in [0.29, 0.717) is 38.2 Å². The van der Waals surface area contributed by atoms with Crippen molar-refractivity contribution in [2.24, 2.45) is 0 Å². The Morgan fingerprint density at radius 1 is 1.06 bits per heavy atom. The number of rotatable bonds is 10. The zero-order valence-corrected chi connectivity index (χ0v) is 19.2. The van der Waals surface area contributed by atoms with Crippen molar-refractivity contribution in [3.63, 3.8) is 0 Å². The molecule has 194 valence electrons. The van der Waals surface area contributed by atoms with Gasteiger partial charge in [0.2, 0.25) is 0 Å². The van der Waals surface area contributed by atoms with Gasteiger partial charge in [-0.05, 0) is 54.8 Å². The van der Waals surface area contributed by atoms with Crippen molar-refractivity contribution in [2.75, 3.05) is 31.5 Å². The lowest BCUT2D eigenvalue weighted by Gasteiger charge is -2.28. The van der Waals surface area contributed by atoms with Gasteiger partial charge in [0.15, 0.2) is 0 Å². The molecule has 0 unspecified atom stereocenters. The quantitative estimate of drug-likeness (QED) is 0.319. The summed E-state index contributed by atoms with van der Waals surface area (Å²) in [5.41, 5.74) is -0.359. The van der Waals surface area contributed by atoms with E-state index in [-0.39, 0.29) is 12.1 Å². The number of nitrogens with zero attached hydrogens (tertiary/aromatic N) is 2. The molecular formula is C24H26F4N4O4. The summed E-state index contributed by atoms with van der Waals surface area (Å²) in [6.07, 6.45) is -4.01. The topological polar surface area (TPSA) is 102 Å². The van der Waals surface area contributed by atoms with E-state index >= 15 is 0 Å². The smallest absolute Gasteiger partial charge is 0.416 e. The summed E-state index contributed by atoms with van der Waals surface area (Å²) in [6, 6.07) is 7.74. The number of anilines is 1. The zero-order valence-electron chi connectivity index (χ0n) is 19.2. The van der Waals surface area contributed by atoms with Crippen molar-refractivity contribution in [3.8, 4) is 0 Å². The van der Waals surface area contributed by atoms with Crippen molar-refractivity contribution < 1.29 is 37.1 Å². The Balaban J connectivity index is 1.50. The highest BCUT2D eigenvalue weighted by molar-refractivity contribution is 5.89. The van der Waals surface area contributed by atoms with E-state index in [1.807, 2.05) is 0 Å². The summed E-state index contributed by atoms with van der Waals surface area (Å²) in [6.45, 7) is 1.17. The van der Waals surface area contributed by atoms with E-state index in [2.05, 4.69) is 10.6 Å². The maximum Gasteiger partial charge on any atom is 0.416 e. The summed E-state index contributed by atoms with van der Waals surface area (Å²) in [7, 11) is 0. The molecule has 12 heteroatoms. The third kappa shape index (κ3) is 7.33. The first-order valence-corrected chi connectivity index (χ1v) is 11.3. The molecule has 0 aliphatic carbocycles. The predicted molar refractivity (Wildman–Crippen MR) is 123 cm³/mol. The van der Waals surface area contributed by atoms with Crippen molar-refractivity contribution in [1.82, 2.24) is 15.1 Å². The van der Waals surface area contributed by atoms with Gasteiger partial charge in [0.25, 0.3) is 0 Å². The van der Waals surface area contributed by atoms with Crippen LogP contribution in [0.5, 0.6) is 0 Å². The second-order valence-electron chi connectivity index (χ2n) is 8.29. The fourth-order valence-electron chi connectivity index (χ4n) is 3.93. The molecule has 1 aliphatic rings. The van der Waals surface area contributed by atoms with Crippen LogP contribution in [0.25, 0.3) is 0 Å². The van der Waals surface area contributed by atoms with E-state index in [1.165, 1.54) is 46.2 Å². The Labute approximate surface area is 204 Å². The molecule has 1 saturated heterocycles. The van der Waals surface area contributed by atoms with Gasteiger partial charge in [-0.3, -0.25) is 4.79 Å². The molecule has 1 fully saturated rings. The molecular weight excluding hydrogens is 484 g/mol. The Morgan fingerprint density at radius 2 is 1.78 bits per heavy atom. The lowest BCUT2D eigenvalue weighted by atomic mass is 10.00. The molecule has 1 heterocycles. The molecule has 3 N–H and O–H groups in total. The molecule has 0 radical (unpaired) electrons. The van der Waals surface area contributed by atoms with Crippen LogP contribution in [0, 0.1) is 5.82 Å². The Morgan fingerprint density at radius 3 is 2.44 bits per heavy atom. The standard InChI is InChI=1S/C24H26F4N4O4/c25-18-6-8-19(9-7-18)30-22(35)29-10-1-2-11-31-12-13-32(23(31)36)20(15-21(33)34)16-4-3-5-17(14-16)24(26,27)28/h3-9,14,20H,1-2,10-13,15H2,(H,33,34)(H2,29,30,35)/t20-/m0/s1. The SMILES string of the molecule is O=C(O)C[C@@H](c1cccc(C(F)(F)F)c1)N1CCN(CCCCNC(=O)Nc2ccc(F)cc2)C1=O. The number of hydrogen-bond donors (Lipinski definition) is 3. The lowest BCUT2D eigenvalue weighted by Crippen LogP contribution is -2.36. The number of urea groups is 2. The number of unbranched alkanes of at least 4 members (excludes halogenated alkanes) is 1. The van der Waals surface area contributed by atoms with Crippen LogP contribution in [0.4, 0.5) is 32.8 Å². The zero-order chi connectivity index (χ0) is 26.3. The van der Waals surface area contributed by atoms with Crippen LogP contribution in [0.15, 0.2) is 48.5 Å². The predicted octanol–water partition coefficient (Wildman–Crippen LogP) is 4.70. The molecule has 2 aromatic carbocycles. The van der Waals surface area contributed by atoms with Gasteiger partial charge in [-0.25, -0.2) is 14.0 Å². The van der Waals surface area contributed by atoms with Gasteiger partial charge in [0.05, 0.1) is 18.0 Å². The van der Waals surface area contributed by atoms with Gasteiger partial charge in [-0.1, -0.05) is 12.1 Å². The van der Waals surface area contributed by atoms with Gasteiger partial charge in [0, 0.05) is 31.9 Å². The lowest BCUT2D eigenvalue weighted by molar-refractivity contribution is -0.138. The largest absolute Gasteiger partial charge is 0.481 e. The summed E-state index contributed by atoms with van der Waals surface area (Å²) in [4.78, 5) is 39.0. The van der Waals surface area contributed by atoms with Gasteiger partial charge in [-0.15, -0.1) is 0 Å². The molecule has 0 aromatic heterocycles. The maximum atomic E-state index is 13.1.